The fourth-order valence-corrected chi connectivity index (χ4v) is 6.46. The summed E-state index contributed by atoms with van der Waals surface area (Å²) < 4.78 is 10.4. The second-order valence-electron chi connectivity index (χ2n) is 13.4. The van der Waals surface area contributed by atoms with Gasteiger partial charge >= 0.3 is 11.9 Å². The van der Waals surface area contributed by atoms with Gasteiger partial charge in [-0.1, -0.05) is 24.3 Å². The smallest absolute Gasteiger partial charge is 0.337 e. The zero-order chi connectivity index (χ0) is 35.0. The number of fused-ring (bicyclic) bond motifs is 4. The Balaban J connectivity index is 0.000000311. The van der Waals surface area contributed by atoms with Crippen LogP contribution in [0.25, 0.3) is 0 Å². The molecule has 2 unspecified atom stereocenters. The SMILES string of the molecule is C=O.Cc1cc2c(cc1C)C(CC(=O)CC(=O)OC(C)C)NCC2.Cc1cc2c(cc1C)C1CC(N)=C(C(=O)OC(C)C)CN1CC2.Cl. The van der Waals surface area contributed by atoms with Crippen LogP contribution in [0.15, 0.2) is 35.5 Å². The monoisotopic (exact) mass is 683 g/mol. The molecular weight excluding hydrogens is 630 g/mol. The van der Waals surface area contributed by atoms with Gasteiger partial charge in [0.1, 0.15) is 19.0 Å². The third kappa shape index (κ3) is 10.5. The van der Waals surface area contributed by atoms with E-state index in [1.54, 1.807) is 13.8 Å². The minimum atomic E-state index is -0.434. The summed E-state index contributed by atoms with van der Waals surface area (Å²) in [6.07, 6.45) is 2.61. The maximum atomic E-state index is 12.3. The van der Waals surface area contributed by atoms with Crippen LogP contribution < -0.4 is 11.1 Å². The Morgan fingerprint density at radius 2 is 1.42 bits per heavy atom. The van der Waals surface area contributed by atoms with E-state index in [1.807, 2.05) is 20.6 Å². The van der Waals surface area contributed by atoms with Crippen LogP contribution >= 0.6 is 12.4 Å². The van der Waals surface area contributed by atoms with E-state index in [2.05, 4.69) is 62.2 Å². The fourth-order valence-electron chi connectivity index (χ4n) is 6.46. The van der Waals surface area contributed by atoms with Crippen molar-refractivity contribution in [3.8, 4) is 0 Å². The summed E-state index contributed by atoms with van der Waals surface area (Å²) in [7, 11) is 0. The van der Waals surface area contributed by atoms with Gasteiger partial charge in [-0.2, -0.15) is 0 Å². The highest BCUT2D eigenvalue weighted by molar-refractivity contribution is 5.96. The molecule has 3 aliphatic heterocycles. The van der Waals surface area contributed by atoms with Crippen LogP contribution in [0.2, 0.25) is 0 Å². The summed E-state index contributed by atoms with van der Waals surface area (Å²) in [6.45, 7) is 20.2. The van der Waals surface area contributed by atoms with Crippen LogP contribution in [-0.2, 0) is 41.5 Å². The van der Waals surface area contributed by atoms with E-state index < -0.39 is 5.97 Å². The van der Waals surface area contributed by atoms with Crippen LogP contribution in [-0.4, -0.2) is 61.3 Å². The van der Waals surface area contributed by atoms with Gasteiger partial charge in [0, 0.05) is 43.7 Å². The largest absolute Gasteiger partial charge is 0.463 e. The molecule has 9 nitrogen and oxygen atoms in total. The number of Topliss-reactive ketones (excluding diaryl/α,β-unsaturated/α-hetero) is 1. The minimum absolute atomic E-state index is 0. The van der Waals surface area contributed by atoms with E-state index >= 15 is 0 Å². The van der Waals surface area contributed by atoms with E-state index in [0.29, 0.717) is 30.7 Å². The lowest BCUT2D eigenvalue weighted by Gasteiger charge is -2.41. The third-order valence-corrected chi connectivity index (χ3v) is 9.03. The van der Waals surface area contributed by atoms with E-state index in [4.69, 9.17) is 20.0 Å². The van der Waals surface area contributed by atoms with Crippen molar-refractivity contribution in [2.24, 2.45) is 5.73 Å². The predicted molar refractivity (Wildman–Crippen MR) is 191 cm³/mol. The first-order valence-corrected chi connectivity index (χ1v) is 16.6. The molecule has 0 aromatic heterocycles. The van der Waals surface area contributed by atoms with Crippen LogP contribution in [0.3, 0.4) is 0 Å². The highest BCUT2D eigenvalue weighted by atomic mass is 35.5. The zero-order valence-corrected chi connectivity index (χ0v) is 30.7. The average Bonchev–Trinajstić information content (AvgIpc) is 2.99. The molecule has 0 amide bonds. The number of rotatable bonds is 7. The van der Waals surface area contributed by atoms with Gasteiger partial charge in [0.25, 0.3) is 0 Å². The molecule has 0 saturated heterocycles. The quantitative estimate of drug-likeness (QED) is 0.275. The topological polar surface area (TPSA) is 128 Å². The lowest BCUT2D eigenvalue weighted by molar-refractivity contribution is -0.149. The van der Waals surface area contributed by atoms with Gasteiger partial charge in [-0.3, -0.25) is 14.5 Å². The molecule has 0 bridgehead atoms. The first kappa shape index (κ1) is 40.6. The number of ketones is 1. The molecule has 0 radical (unpaired) electrons. The first-order chi connectivity index (χ1) is 22.2. The summed E-state index contributed by atoms with van der Waals surface area (Å²) in [4.78, 5) is 46.3. The van der Waals surface area contributed by atoms with Gasteiger partial charge in [-0.05, 0) is 119 Å². The number of carbonyl (C=O) groups excluding carboxylic acids is 4. The molecule has 3 aliphatic rings. The van der Waals surface area contributed by atoms with Crippen LogP contribution in [0.1, 0.15) is 104 Å². The van der Waals surface area contributed by atoms with Gasteiger partial charge < -0.3 is 25.3 Å². The van der Waals surface area contributed by atoms with Crippen LogP contribution in [0, 0.1) is 27.7 Å². The minimum Gasteiger partial charge on any atom is -0.463 e. The molecule has 0 spiro atoms. The number of esters is 2. The van der Waals surface area contributed by atoms with Gasteiger partial charge in [0.2, 0.25) is 0 Å². The number of ether oxygens (including phenoxy) is 2. The lowest BCUT2D eigenvalue weighted by Crippen LogP contribution is -2.43. The Kier molecular flexibility index (Phi) is 15.5. The van der Waals surface area contributed by atoms with Crippen LogP contribution in [0.5, 0.6) is 0 Å². The van der Waals surface area contributed by atoms with Crippen molar-refractivity contribution in [1.29, 1.82) is 0 Å². The summed E-state index contributed by atoms with van der Waals surface area (Å²) in [5.74, 6) is -0.771. The Morgan fingerprint density at radius 3 is 2.00 bits per heavy atom. The van der Waals surface area contributed by atoms with E-state index in [-0.39, 0.29) is 54.9 Å². The molecule has 0 fully saturated rings. The Bertz CT molecular complexity index is 1500. The molecule has 3 N–H and O–H groups in total. The Labute approximate surface area is 292 Å². The fraction of sp³-hybridized carbons (Fsp3) is 0.526. The molecule has 264 valence electrons. The normalized spacial score (nSPS) is 18.1. The number of hydrogen-bond acceptors (Lipinski definition) is 9. The van der Waals surface area contributed by atoms with E-state index in [9.17, 15) is 14.4 Å². The van der Waals surface area contributed by atoms with Gasteiger partial charge in [-0.25, -0.2) is 4.79 Å². The van der Waals surface area contributed by atoms with Crippen molar-refractivity contribution in [2.45, 2.75) is 112 Å². The third-order valence-electron chi connectivity index (χ3n) is 9.03. The van der Waals surface area contributed by atoms with Gasteiger partial charge in [-0.15, -0.1) is 12.4 Å². The van der Waals surface area contributed by atoms with Crippen molar-refractivity contribution in [1.82, 2.24) is 10.2 Å². The lowest BCUT2D eigenvalue weighted by atomic mass is 9.84. The van der Waals surface area contributed by atoms with Crippen molar-refractivity contribution < 1.29 is 28.7 Å². The second-order valence-corrected chi connectivity index (χ2v) is 13.4. The highest BCUT2D eigenvalue weighted by Crippen LogP contribution is 2.39. The van der Waals surface area contributed by atoms with E-state index in [0.717, 1.165) is 25.9 Å². The van der Waals surface area contributed by atoms with Gasteiger partial charge in [0.15, 0.2) is 0 Å². The number of benzene rings is 2. The maximum absolute atomic E-state index is 12.3. The van der Waals surface area contributed by atoms with Crippen molar-refractivity contribution in [2.75, 3.05) is 19.6 Å². The summed E-state index contributed by atoms with van der Waals surface area (Å²) in [5.41, 5.74) is 18.0. The second kappa shape index (κ2) is 18.3. The number of nitrogens with two attached hydrogens (primary N) is 1. The number of halogens is 1. The van der Waals surface area contributed by atoms with Gasteiger partial charge in [0.05, 0.1) is 17.8 Å². The molecule has 0 saturated carbocycles. The molecule has 5 rings (SSSR count). The molecule has 10 heteroatoms. The number of nitrogens with one attached hydrogen (secondary N) is 1. The highest BCUT2D eigenvalue weighted by Gasteiger charge is 2.35. The molecule has 2 aromatic rings. The van der Waals surface area contributed by atoms with Crippen molar-refractivity contribution >= 4 is 36.9 Å². The van der Waals surface area contributed by atoms with E-state index in [1.165, 1.54) is 44.5 Å². The molecule has 0 aliphatic carbocycles. The first-order valence-electron chi connectivity index (χ1n) is 16.6. The van der Waals surface area contributed by atoms with Crippen LogP contribution in [0.4, 0.5) is 0 Å². The number of hydrogen-bond donors (Lipinski definition) is 2. The molecule has 2 aromatic carbocycles. The molecule has 48 heavy (non-hydrogen) atoms. The Hall–Kier alpha value is -3.53. The average molecular weight is 684 g/mol. The molecule has 3 heterocycles. The Morgan fingerprint density at radius 1 is 0.875 bits per heavy atom. The predicted octanol–water partition coefficient (Wildman–Crippen LogP) is 5.80. The zero-order valence-electron chi connectivity index (χ0n) is 29.9. The summed E-state index contributed by atoms with van der Waals surface area (Å²) >= 11 is 0. The number of nitrogens with zero attached hydrogens (tertiary/aromatic N) is 1. The summed E-state index contributed by atoms with van der Waals surface area (Å²) in [6, 6.07) is 9.28. The molecule has 2 atom stereocenters. The number of aryl methyl sites for hydroxylation is 4. The number of carbonyl (C=O) groups is 4. The standard InChI is InChI=1S/C19H26N2O2.C18H25NO3.CH2O.ClH/c1-11(2)23-19(22)16-10-21-6-5-14-7-12(3)13(4)8-15(14)18(21)9-17(16)20;1-11(2)22-18(21)10-15(20)9-17-16-8-13(4)12(3)7-14(16)5-6-19-17;1-2;/h7-8,11,18H,5-6,9-10,20H2,1-4H3;7-8,11,17,19H,5-6,9-10H2,1-4H3;1H2;1H. The van der Waals surface area contributed by atoms with Crippen molar-refractivity contribution in [3.63, 3.8) is 0 Å². The van der Waals surface area contributed by atoms with Crippen molar-refractivity contribution in [3.05, 3.63) is 80.0 Å². The maximum Gasteiger partial charge on any atom is 0.337 e. The summed E-state index contributed by atoms with van der Waals surface area (Å²) in [5, 5.41) is 3.39. The molecular formula is C38H54ClN3O6.